The summed E-state index contributed by atoms with van der Waals surface area (Å²) in [6, 6.07) is 70.4. The molecule has 0 unspecified atom stereocenters. The lowest BCUT2D eigenvalue weighted by molar-refractivity contribution is 1.08. The van der Waals surface area contributed by atoms with E-state index in [1.807, 2.05) is 11.3 Å². The largest absolute Gasteiger partial charge is 0.309 e. The number of aromatic nitrogens is 4. The van der Waals surface area contributed by atoms with Crippen LogP contribution in [-0.2, 0) is 0 Å². The van der Waals surface area contributed by atoms with Gasteiger partial charge in [0.1, 0.15) is 5.82 Å². The molecule has 4 heterocycles. The summed E-state index contributed by atoms with van der Waals surface area (Å²) >= 11 is 1.81. The minimum atomic E-state index is 0.723. The van der Waals surface area contributed by atoms with Crippen molar-refractivity contribution in [2.45, 2.75) is 0 Å². The molecule has 0 saturated carbocycles. The maximum atomic E-state index is 5.68. The smallest absolute Gasteiger partial charge is 0.163 e. The fraction of sp³-hybridized carbons (Fsp3) is 0. The summed E-state index contributed by atoms with van der Waals surface area (Å²) in [7, 11) is 0. The molecule has 10 aromatic carbocycles. The summed E-state index contributed by atoms with van der Waals surface area (Å²) in [6.07, 6.45) is 0. The van der Waals surface area contributed by atoms with Crippen molar-refractivity contribution in [1.82, 2.24) is 19.1 Å². The van der Waals surface area contributed by atoms with E-state index in [1.165, 1.54) is 85.1 Å². The first-order valence-electron chi connectivity index (χ1n) is 20.8. The number of benzene rings is 10. The van der Waals surface area contributed by atoms with Crippen molar-refractivity contribution in [2.75, 3.05) is 0 Å². The monoisotopic (exact) mass is 792 g/mol. The van der Waals surface area contributed by atoms with Gasteiger partial charge in [-0.2, -0.15) is 0 Å². The molecule has 0 atom stereocenters. The molecule has 0 N–H and O–H groups in total. The summed E-state index contributed by atoms with van der Waals surface area (Å²) in [5.74, 6) is 1.60. The van der Waals surface area contributed by atoms with Gasteiger partial charge in [0.15, 0.2) is 5.82 Å². The second-order valence-corrected chi connectivity index (χ2v) is 17.0. The lowest BCUT2D eigenvalue weighted by Gasteiger charge is -2.17. The maximum absolute atomic E-state index is 5.68. The Morgan fingerprint density at radius 1 is 0.344 bits per heavy atom. The van der Waals surface area contributed by atoms with Crippen molar-refractivity contribution in [2.24, 2.45) is 0 Å². The minimum absolute atomic E-state index is 0.723. The zero-order valence-corrected chi connectivity index (χ0v) is 33.5. The van der Waals surface area contributed by atoms with Gasteiger partial charge < -0.3 is 4.57 Å². The van der Waals surface area contributed by atoms with Crippen LogP contribution in [0.2, 0.25) is 0 Å². The fourth-order valence-corrected chi connectivity index (χ4v) is 11.7. The van der Waals surface area contributed by atoms with E-state index in [1.54, 1.807) is 0 Å². The van der Waals surface area contributed by atoms with E-state index in [9.17, 15) is 0 Å². The van der Waals surface area contributed by atoms with Gasteiger partial charge in [-0.05, 0) is 64.7 Å². The molecule has 0 bridgehead atoms. The van der Waals surface area contributed by atoms with Crippen LogP contribution >= 0.6 is 11.3 Å². The van der Waals surface area contributed by atoms with E-state index in [4.69, 9.17) is 9.97 Å². The number of para-hydroxylation sites is 4. The van der Waals surface area contributed by atoms with Gasteiger partial charge >= 0.3 is 0 Å². The number of nitrogens with zero attached hydrogens (tertiary/aromatic N) is 4. The van der Waals surface area contributed by atoms with Crippen LogP contribution in [0, 0.1) is 0 Å². The fourth-order valence-electron chi connectivity index (χ4n) is 10.4. The average Bonchev–Trinajstić information content (AvgIpc) is 4.00. The third-order valence-corrected chi connectivity index (χ3v) is 14.1. The predicted octanol–water partition coefficient (Wildman–Crippen LogP) is 15.3. The highest BCUT2D eigenvalue weighted by Gasteiger charge is 2.27. The third kappa shape index (κ3) is 4.42. The van der Waals surface area contributed by atoms with E-state index in [0.29, 0.717) is 0 Å². The van der Waals surface area contributed by atoms with Crippen LogP contribution in [0.3, 0.4) is 0 Å². The molecular weight excluding hydrogens is 761 g/mol. The highest BCUT2D eigenvalue weighted by molar-refractivity contribution is 7.26. The quantitative estimate of drug-likeness (QED) is 0.167. The molecule has 0 aliphatic heterocycles. The van der Waals surface area contributed by atoms with E-state index in [0.717, 1.165) is 44.8 Å². The lowest BCUT2D eigenvalue weighted by atomic mass is 9.89. The van der Waals surface area contributed by atoms with Crippen LogP contribution in [0.1, 0.15) is 0 Å². The van der Waals surface area contributed by atoms with E-state index in [-0.39, 0.29) is 0 Å². The van der Waals surface area contributed by atoms with Gasteiger partial charge in [0, 0.05) is 74.5 Å². The van der Waals surface area contributed by atoms with Crippen LogP contribution in [0.4, 0.5) is 0 Å². The van der Waals surface area contributed by atoms with Crippen molar-refractivity contribution in [3.8, 4) is 22.9 Å². The molecule has 4 aromatic heterocycles. The predicted molar refractivity (Wildman–Crippen MR) is 259 cm³/mol. The Morgan fingerprint density at radius 2 is 0.869 bits per heavy atom. The summed E-state index contributed by atoms with van der Waals surface area (Å²) in [6.45, 7) is 0. The van der Waals surface area contributed by atoms with Crippen LogP contribution < -0.4 is 0 Å². The summed E-state index contributed by atoms with van der Waals surface area (Å²) in [4.78, 5) is 11.0. The first-order valence-corrected chi connectivity index (χ1v) is 21.6. The molecule has 0 saturated heterocycles. The van der Waals surface area contributed by atoms with Gasteiger partial charge in [0.05, 0.1) is 27.6 Å². The number of hydrogen-bond acceptors (Lipinski definition) is 3. The van der Waals surface area contributed by atoms with Crippen LogP contribution in [-0.4, -0.2) is 19.1 Å². The Balaban J connectivity index is 1.22. The van der Waals surface area contributed by atoms with E-state index < -0.39 is 0 Å². The molecule has 4 nitrogen and oxygen atoms in total. The molecule has 5 heteroatoms. The van der Waals surface area contributed by atoms with Crippen molar-refractivity contribution in [3.63, 3.8) is 0 Å². The number of thiophene rings is 1. The van der Waals surface area contributed by atoms with Crippen molar-refractivity contribution in [1.29, 1.82) is 0 Å². The Kier molecular flexibility index (Phi) is 6.68. The molecular formula is C56H32N4S. The first kappa shape index (κ1) is 33.0. The summed E-state index contributed by atoms with van der Waals surface area (Å²) < 4.78 is 7.39. The van der Waals surface area contributed by atoms with Crippen LogP contribution in [0.15, 0.2) is 194 Å². The topological polar surface area (TPSA) is 35.6 Å². The Hall–Kier alpha value is -7.86. The third-order valence-electron chi connectivity index (χ3n) is 12.9. The van der Waals surface area contributed by atoms with Gasteiger partial charge in [-0.1, -0.05) is 146 Å². The number of hydrogen-bond donors (Lipinski definition) is 0. The molecule has 282 valence electrons. The van der Waals surface area contributed by atoms with Crippen LogP contribution in [0.25, 0.3) is 130 Å². The maximum Gasteiger partial charge on any atom is 0.163 e. The summed E-state index contributed by atoms with van der Waals surface area (Å²) in [5.41, 5.74) is 7.76. The second kappa shape index (κ2) is 12.3. The van der Waals surface area contributed by atoms with E-state index >= 15 is 0 Å². The van der Waals surface area contributed by atoms with Gasteiger partial charge in [0.2, 0.25) is 0 Å². The lowest BCUT2D eigenvalue weighted by Crippen LogP contribution is -2.03. The molecule has 0 fully saturated rings. The molecule has 0 radical (unpaired) electrons. The SMILES string of the molecule is c1ccc(-n2c3ccccc3c3c4c(c5ccccc5c32)c2ccccc2c2c4c3ccccc3n2-c2nc(-c3cccc4c3sc3ccccc34)nc3ccccc23)cc1. The second-order valence-electron chi connectivity index (χ2n) is 16.0. The first-order chi connectivity index (χ1) is 30.3. The molecule has 14 rings (SSSR count). The zero-order valence-electron chi connectivity index (χ0n) is 32.7. The number of rotatable bonds is 3. The van der Waals surface area contributed by atoms with Gasteiger partial charge in [-0.25, -0.2) is 9.97 Å². The average molecular weight is 793 g/mol. The highest BCUT2D eigenvalue weighted by Crippen LogP contribution is 2.51. The molecule has 0 aliphatic carbocycles. The number of fused-ring (bicyclic) bond motifs is 19. The van der Waals surface area contributed by atoms with Crippen LogP contribution in [0.5, 0.6) is 0 Å². The van der Waals surface area contributed by atoms with Gasteiger partial charge in [0.25, 0.3) is 0 Å². The molecule has 0 amide bonds. The molecule has 0 spiro atoms. The Bertz CT molecular complexity index is 4170. The van der Waals surface area contributed by atoms with Crippen molar-refractivity contribution >= 4 is 118 Å². The summed E-state index contributed by atoms with van der Waals surface area (Å²) in [5, 5.41) is 15.8. The molecule has 61 heavy (non-hydrogen) atoms. The normalized spacial score (nSPS) is 12.3. The minimum Gasteiger partial charge on any atom is -0.309 e. The van der Waals surface area contributed by atoms with Crippen molar-refractivity contribution in [3.05, 3.63) is 194 Å². The van der Waals surface area contributed by atoms with Crippen molar-refractivity contribution < 1.29 is 0 Å². The standard InChI is InChI=1S/C56H32N4S/c1-2-17-33(18-3-1)59-45-30-13-9-25-41(45)49-51-48(35-20-4-6-22-37(35)52(49)59)36-21-5-7-23-38(36)53-50(51)42-26-10-14-31-46(42)60(53)56-40-24-8-12-29-44(40)57-55(58-56)43-28-16-27-39-34-19-11-15-32-47(34)61-54(39)43/h1-32H. The zero-order chi connectivity index (χ0) is 39.8. The Morgan fingerprint density at radius 3 is 1.57 bits per heavy atom. The van der Waals surface area contributed by atoms with Gasteiger partial charge in [-0.3, -0.25) is 4.57 Å². The highest BCUT2D eigenvalue weighted by atomic mass is 32.1. The molecule has 0 aliphatic rings. The van der Waals surface area contributed by atoms with Gasteiger partial charge in [-0.15, -0.1) is 11.3 Å². The Labute approximate surface area is 352 Å². The van der Waals surface area contributed by atoms with E-state index in [2.05, 4.69) is 203 Å². The molecule has 14 aromatic rings.